The Labute approximate surface area is 120 Å². The van der Waals surface area contributed by atoms with Gasteiger partial charge in [0.15, 0.2) is 5.78 Å². The number of carbonyl (C=O) groups excluding carboxylic acids is 1. The number of rotatable bonds is 5. The Morgan fingerprint density at radius 2 is 2.20 bits per heavy atom. The summed E-state index contributed by atoms with van der Waals surface area (Å²) in [7, 11) is 0. The molecule has 2 aromatic heterocycles. The normalized spacial score (nSPS) is 10.7. The van der Waals surface area contributed by atoms with Crippen molar-refractivity contribution < 1.29 is 14.3 Å². The van der Waals surface area contributed by atoms with E-state index in [0.29, 0.717) is 0 Å². The summed E-state index contributed by atoms with van der Waals surface area (Å²) < 4.78 is 4.87. The molecule has 0 aromatic carbocycles. The van der Waals surface area contributed by atoms with Crippen molar-refractivity contribution >= 4 is 17.1 Å². The Hall–Kier alpha value is -1.88. The van der Waals surface area contributed by atoms with Crippen LogP contribution in [0.2, 0.25) is 0 Å². The summed E-state index contributed by atoms with van der Waals surface area (Å²) in [5, 5.41) is 11.7. The lowest BCUT2D eigenvalue weighted by atomic mass is 10.0. The molecule has 0 unspecified atom stereocenters. The van der Waals surface area contributed by atoms with Crippen LogP contribution in [0.5, 0.6) is 5.75 Å². The van der Waals surface area contributed by atoms with Crippen LogP contribution < -0.4 is 5.63 Å². The number of thiophene rings is 1. The number of aromatic hydroxyl groups is 1. The second-order valence-electron chi connectivity index (χ2n) is 4.62. The van der Waals surface area contributed by atoms with Crippen molar-refractivity contribution in [3.05, 3.63) is 49.7 Å². The molecular formula is C15H16O4S. The van der Waals surface area contributed by atoms with Crippen LogP contribution in [0.25, 0.3) is 0 Å². The molecule has 2 heterocycles. The minimum Gasteiger partial charge on any atom is -0.507 e. The molecule has 0 atom stereocenters. The third-order valence-corrected chi connectivity index (χ3v) is 3.97. The molecule has 0 bridgehead atoms. The molecule has 4 nitrogen and oxygen atoms in total. The zero-order chi connectivity index (χ0) is 14.7. The van der Waals surface area contributed by atoms with E-state index >= 15 is 0 Å². The van der Waals surface area contributed by atoms with Crippen LogP contribution in [-0.4, -0.2) is 10.9 Å². The predicted molar refractivity (Wildman–Crippen MR) is 77.7 cm³/mol. The number of aryl methyl sites for hydroxylation is 2. The molecular weight excluding hydrogens is 276 g/mol. The van der Waals surface area contributed by atoms with Gasteiger partial charge in [0, 0.05) is 17.4 Å². The van der Waals surface area contributed by atoms with Crippen molar-refractivity contribution in [2.75, 3.05) is 0 Å². The quantitative estimate of drug-likeness (QED) is 0.860. The second-order valence-corrected chi connectivity index (χ2v) is 5.62. The molecule has 20 heavy (non-hydrogen) atoms. The molecule has 0 spiro atoms. The highest BCUT2D eigenvalue weighted by Gasteiger charge is 2.20. The van der Waals surface area contributed by atoms with E-state index in [2.05, 4.69) is 6.92 Å². The Balaban J connectivity index is 2.29. The maximum atomic E-state index is 12.2. The van der Waals surface area contributed by atoms with Crippen LogP contribution in [0.4, 0.5) is 0 Å². The van der Waals surface area contributed by atoms with Gasteiger partial charge in [0.25, 0.3) is 0 Å². The van der Waals surface area contributed by atoms with Crippen molar-refractivity contribution in [1.82, 2.24) is 0 Å². The third-order valence-electron chi connectivity index (χ3n) is 3.01. The average Bonchev–Trinajstić information content (AvgIpc) is 2.75. The molecule has 0 fully saturated rings. The van der Waals surface area contributed by atoms with E-state index in [1.54, 1.807) is 6.92 Å². The fraction of sp³-hybridized carbons (Fsp3) is 0.333. The lowest BCUT2D eigenvalue weighted by Gasteiger charge is -2.04. The van der Waals surface area contributed by atoms with Crippen LogP contribution in [-0.2, 0) is 12.8 Å². The predicted octanol–water partition coefficient (Wildman–Crippen LogP) is 3.09. The molecule has 0 radical (unpaired) electrons. The zero-order valence-electron chi connectivity index (χ0n) is 11.4. The van der Waals surface area contributed by atoms with Crippen molar-refractivity contribution in [2.45, 2.75) is 33.1 Å². The fourth-order valence-corrected chi connectivity index (χ4v) is 3.03. The Morgan fingerprint density at radius 3 is 2.85 bits per heavy atom. The Morgan fingerprint density at radius 1 is 1.45 bits per heavy atom. The highest BCUT2D eigenvalue weighted by atomic mass is 32.1. The van der Waals surface area contributed by atoms with Crippen LogP contribution in [0.15, 0.2) is 26.7 Å². The maximum absolute atomic E-state index is 12.2. The van der Waals surface area contributed by atoms with E-state index in [9.17, 15) is 14.7 Å². The molecule has 1 N–H and O–H groups in total. The van der Waals surface area contributed by atoms with Gasteiger partial charge in [-0.2, -0.15) is 0 Å². The van der Waals surface area contributed by atoms with Gasteiger partial charge in [-0.25, -0.2) is 4.79 Å². The lowest BCUT2D eigenvalue weighted by molar-refractivity contribution is 0.0986. The molecule has 0 aliphatic carbocycles. The number of ketones is 1. The highest BCUT2D eigenvalue weighted by molar-refractivity contribution is 7.10. The fourth-order valence-electron chi connectivity index (χ4n) is 2.10. The van der Waals surface area contributed by atoms with Crippen LogP contribution in [0.3, 0.4) is 0 Å². The van der Waals surface area contributed by atoms with Gasteiger partial charge in [0.1, 0.15) is 17.1 Å². The first-order valence-corrected chi connectivity index (χ1v) is 7.33. The van der Waals surface area contributed by atoms with Crippen LogP contribution >= 0.6 is 11.3 Å². The largest absolute Gasteiger partial charge is 0.507 e. The number of Topliss-reactive ketones (excluding diaryl/α,β-unsaturated/α-hetero) is 1. The zero-order valence-corrected chi connectivity index (χ0v) is 12.3. The summed E-state index contributed by atoms with van der Waals surface area (Å²) in [6, 6.07) is 3.28. The van der Waals surface area contributed by atoms with Crippen molar-refractivity contribution in [1.29, 1.82) is 0 Å². The van der Waals surface area contributed by atoms with Crippen LogP contribution in [0, 0.1) is 6.92 Å². The van der Waals surface area contributed by atoms with E-state index in [1.165, 1.54) is 17.4 Å². The van der Waals surface area contributed by atoms with Gasteiger partial charge < -0.3 is 9.52 Å². The van der Waals surface area contributed by atoms with Gasteiger partial charge in [0.05, 0.1) is 0 Å². The van der Waals surface area contributed by atoms with Gasteiger partial charge in [-0.15, -0.1) is 11.3 Å². The van der Waals surface area contributed by atoms with Gasteiger partial charge in [0.2, 0.25) is 0 Å². The number of carbonyl (C=O) groups is 1. The van der Waals surface area contributed by atoms with Gasteiger partial charge in [-0.1, -0.05) is 13.3 Å². The van der Waals surface area contributed by atoms with E-state index in [0.717, 1.165) is 23.3 Å². The van der Waals surface area contributed by atoms with E-state index in [1.807, 2.05) is 11.4 Å². The van der Waals surface area contributed by atoms with E-state index < -0.39 is 11.4 Å². The first kappa shape index (κ1) is 14.5. The smallest absolute Gasteiger partial charge is 0.350 e. The summed E-state index contributed by atoms with van der Waals surface area (Å²) in [5.41, 5.74) is 0.0920. The van der Waals surface area contributed by atoms with Crippen LogP contribution in [0.1, 0.15) is 39.9 Å². The van der Waals surface area contributed by atoms with Crippen molar-refractivity contribution in [2.24, 2.45) is 0 Å². The minimum absolute atomic E-state index is 0.119. The molecule has 2 rings (SSSR count). The first-order valence-electron chi connectivity index (χ1n) is 6.45. The Bertz CT molecular complexity index is 681. The summed E-state index contributed by atoms with van der Waals surface area (Å²) in [6.07, 6.45) is 2.02. The average molecular weight is 292 g/mol. The summed E-state index contributed by atoms with van der Waals surface area (Å²) in [5.74, 6) is -0.430. The maximum Gasteiger partial charge on any atom is 0.350 e. The minimum atomic E-state index is -0.777. The molecule has 106 valence electrons. The van der Waals surface area contributed by atoms with E-state index in [-0.39, 0.29) is 23.5 Å². The highest BCUT2D eigenvalue weighted by Crippen LogP contribution is 2.22. The molecule has 0 aliphatic heterocycles. The third kappa shape index (κ3) is 2.99. The van der Waals surface area contributed by atoms with Gasteiger partial charge in [-0.3, -0.25) is 4.79 Å². The SMILES string of the molecule is CCCc1ccsc1CC(=O)c1c(O)cc(C)oc1=O. The topological polar surface area (TPSA) is 67.5 Å². The second kappa shape index (κ2) is 6.05. The van der Waals surface area contributed by atoms with Crippen molar-refractivity contribution in [3.63, 3.8) is 0 Å². The number of hydrogen-bond acceptors (Lipinski definition) is 5. The molecule has 0 saturated carbocycles. The van der Waals surface area contributed by atoms with E-state index in [4.69, 9.17) is 4.42 Å². The van der Waals surface area contributed by atoms with Gasteiger partial charge in [-0.05, 0) is 30.4 Å². The number of hydrogen-bond donors (Lipinski definition) is 1. The van der Waals surface area contributed by atoms with Crippen molar-refractivity contribution in [3.8, 4) is 5.75 Å². The molecule has 0 saturated heterocycles. The lowest BCUT2D eigenvalue weighted by Crippen LogP contribution is -2.16. The standard InChI is InChI=1S/C15H16O4S/c1-3-4-10-5-6-20-13(10)8-12(17)14-11(16)7-9(2)19-15(14)18/h5-7,16H,3-4,8H2,1-2H3. The molecule has 0 amide bonds. The summed E-state index contributed by atoms with van der Waals surface area (Å²) >= 11 is 1.49. The molecule has 0 aliphatic rings. The molecule has 5 heteroatoms. The van der Waals surface area contributed by atoms with Gasteiger partial charge >= 0.3 is 5.63 Å². The summed E-state index contributed by atoms with van der Waals surface area (Å²) in [6.45, 7) is 3.62. The Kier molecular flexibility index (Phi) is 4.39. The summed E-state index contributed by atoms with van der Waals surface area (Å²) in [4.78, 5) is 24.8. The molecule has 2 aromatic rings. The monoisotopic (exact) mass is 292 g/mol. The first-order chi connectivity index (χ1) is 9.52.